The van der Waals surface area contributed by atoms with E-state index in [-0.39, 0.29) is 11.3 Å². The number of rotatable bonds is 7. The summed E-state index contributed by atoms with van der Waals surface area (Å²) in [7, 11) is 1.46. The average Bonchev–Trinajstić information content (AvgIpc) is 3.73. The highest BCUT2D eigenvalue weighted by molar-refractivity contribution is 5.84. The number of nitrogens with two attached hydrogens (primary N) is 1. The fraction of sp³-hybridized carbons (Fsp3) is 0.229. The molecule has 1 aliphatic heterocycles. The number of anilines is 2. The summed E-state index contributed by atoms with van der Waals surface area (Å²) in [6.45, 7) is 3.09. The van der Waals surface area contributed by atoms with Gasteiger partial charge in [-0.15, -0.1) is 0 Å². The van der Waals surface area contributed by atoms with Crippen molar-refractivity contribution in [2.75, 3.05) is 37.4 Å². The molecular weight excluding hydrogens is 566 g/mol. The second-order valence-electron chi connectivity index (χ2n) is 11.9. The number of ether oxygens (including phenoxy) is 1. The van der Waals surface area contributed by atoms with Gasteiger partial charge < -0.3 is 15.4 Å². The van der Waals surface area contributed by atoms with E-state index in [1.54, 1.807) is 6.20 Å². The number of nitrogen functional groups attached to an aromatic ring is 1. The van der Waals surface area contributed by atoms with Crippen LogP contribution in [-0.4, -0.2) is 56.7 Å². The van der Waals surface area contributed by atoms with E-state index in [9.17, 15) is 9.59 Å². The smallest absolute Gasteiger partial charge is 0.272 e. The molecule has 4 heterocycles. The van der Waals surface area contributed by atoms with E-state index in [1.807, 2.05) is 54.6 Å². The summed E-state index contributed by atoms with van der Waals surface area (Å²) in [5.41, 5.74) is 12.0. The molecule has 10 nitrogen and oxygen atoms in total. The van der Waals surface area contributed by atoms with Gasteiger partial charge in [-0.25, -0.2) is 15.0 Å². The molecule has 1 aliphatic carbocycles. The summed E-state index contributed by atoms with van der Waals surface area (Å²) in [4.78, 5) is 43.3. The van der Waals surface area contributed by atoms with Crippen molar-refractivity contribution >= 4 is 22.7 Å². The largest absolute Gasteiger partial charge is 0.491 e. The van der Waals surface area contributed by atoms with Crippen LogP contribution in [0.2, 0.25) is 0 Å². The van der Waals surface area contributed by atoms with Gasteiger partial charge in [0.1, 0.15) is 17.0 Å². The van der Waals surface area contributed by atoms with Gasteiger partial charge in [0.2, 0.25) is 0 Å². The van der Waals surface area contributed by atoms with E-state index in [2.05, 4.69) is 43.6 Å². The zero-order chi connectivity index (χ0) is 30.7. The fourth-order valence-electron chi connectivity index (χ4n) is 6.68. The van der Waals surface area contributed by atoms with Gasteiger partial charge in [0.05, 0.1) is 23.9 Å². The Bertz CT molecular complexity index is 2130. The van der Waals surface area contributed by atoms with Gasteiger partial charge in [-0.2, -0.15) is 0 Å². The highest BCUT2D eigenvalue weighted by atomic mass is 16.5. The van der Waals surface area contributed by atoms with Crippen LogP contribution in [0.5, 0.6) is 5.75 Å². The van der Waals surface area contributed by atoms with Crippen molar-refractivity contribution < 1.29 is 4.74 Å². The number of hydrogen-bond donors (Lipinski definition) is 1. The highest BCUT2D eigenvalue weighted by Gasteiger charge is 2.53. The number of imidazole rings is 1. The van der Waals surface area contributed by atoms with E-state index in [1.165, 1.54) is 12.7 Å². The lowest BCUT2D eigenvalue weighted by molar-refractivity contribution is 0.204. The summed E-state index contributed by atoms with van der Waals surface area (Å²) in [5, 5.41) is 0. The molecular formula is C35H31N7O3. The van der Waals surface area contributed by atoms with Gasteiger partial charge in [0.15, 0.2) is 17.2 Å². The lowest BCUT2D eigenvalue weighted by Crippen LogP contribution is -2.58. The van der Waals surface area contributed by atoms with E-state index in [0.29, 0.717) is 23.9 Å². The third-order valence-electron chi connectivity index (χ3n) is 9.13. The molecule has 2 aliphatic rings. The van der Waals surface area contributed by atoms with Crippen molar-refractivity contribution in [3.8, 4) is 34.1 Å². The first-order valence-electron chi connectivity index (χ1n) is 15.1. The van der Waals surface area contributed by atoms with Crippen LogP contribution >= 0.6 is 0 Å². The van der Waals surface area contributed by atoms with Crippen LogP contribution in [0.25, 0.3) is 39.5 Å². The minimum Gasteiger partial charge on any atom is -0.491 e. The maximum Gasteiger partial charge on any atom is 0.272 e. The number of piperazine rings is 1. The number of benzene rings is 2. The molecule has 45 heavy (non-hydrogen) atoms. The number of fused-ring (bicyclic) bond motifs is 1. The molecule has 224 valence electrons. The zero-order valence-corrected chi connectivity index (χ0v) is 24.8. The molecule has 0 unspecified atom stereocenters. The topological polar surface area (TPSA) is 119 Å². The molecule has 0 radical (unpaired) electrons. The second kappa shape index (κ2) is 10.4. The van der Waals surface area contributed by atoms with Crippen LogP contribution in [-0.2, 0) is 6.54 Å². The highest BCUT2D eigenvalue weighted by Crippen LogP contribution is 2.47. The molecule has 6 aromatic rings. The first-order chi connectivity index (χ1) is 22.0. The van der Waals surface area contributed by atoms with E-state index in [4.69, 9.17) is 20.4 Å². The van der Waals surface area contributed by atoms with Gasteiger partial charge >= 0.3 is 0 Å². The Morgan fingerprint density at radius 3 is 2.42 bits per heavy atom. The molecule has 2 fully saturated rings. The molecule has 3 aromatic carbocycles. The number of pyridine rings is 2. The molecule has 1 saturated carbocycles. The zero-order valence-electron chi connectivity index (χ0n) is 24.8. The summed E-state index contributed by atoms with van der Waals surface area (Å²) in [6, 6.07) is 26.4. The van der Waals surface area contributed by atoms with Crippen LogP contribution in [0, 0.1) is 0 Å². The summed E-state index contributed by atoms with van der Waals surface area (Å²) in [6.07, 6.45) is 3.67. The third-order valence-corrected chi connectivity index (χ3v) is 9.13. The monoisotopic (exact) mass is 597 g/mol. The van der Waals surface area contributed by atoms with Crippen LogP contribution in [0.15, 0.2) is 94.6 Å². The Hall–Kier alpha value is -5.35. The molecule has 1 spiro atoms. The molecule has 10 heteroatoms. The standard InChI is InChI=1S/C35H31N7O3/c1-45-31-28(29(43)30(31)44)41-19-18-40(21-35(41)15-16-35)20-22-9-11-24(12-10-22)42-33(25-8-5-17-37-32(25)36)39-27-14-13-26(38-34(27)42)23-6-3-2-4-7-23/h2-14,17H,15-16,18-21H2,1H3,(H2,36,37). The van der Waals surface area contributed by atoms with E-state index >= 15 is 0 Å². The minimum atomic E-state index is -0.516. The molecule has 2 N–H and O–H groups in total. The Morgan fingerprint density at radius 2 is 1.69 bits per heavy atom. The fourth-order valence-corrected chi connectivity index (χ4v) is 6.68. The van der Waals surface area contributed by atoms with E-state index in [0.717, 1.165) is 66.1 Å². The predicted molar refractivity (Wildman–Crippen MR) is 174 cm³/mol. The van der Waals surface area contributed by atoms with Gasteiger partial charge in [-0.05, 0) is 54.8 Å². The second-order valence-corrected chi connectivity index (χ2v) is 11.9. The van der Waals surface area contributed by atoms with Crippen LogP contribution in [0.3, 0.4) is 0 Å². The van der Waals surface area contributed by atoms with Crippen LogP contribution in [0.4, 0.5) is 11.5 Å². The predicted octanol–water partition coefficient (Wildman–Crippen LogP) is 4.19. The maximum atomic E-state index is 12.4. The minimum absolute atomic E-state index is 0.107. The molecule has 0 bridgehead atoms. The van der Waals surface area contributed by atoms with Crippen molar-refractivity contribution in [2.45, 2.75) is 24.9 Å². The van der Waals surface area contributed by atoms with Crippen LogP contribution < -0.4 is 26.2 Å². The van der Waals surface area contributed by atoms with Crippen molar-refractivity contribution in [2.24, 2.45) is 0 Å². The maximum absolute atomic E-state index is 12.4. The van der Waals surface area contributed by atoms with Crippen molar-refractivity contribution in [3.63, 3.8) is 0 Å². The normalized spacial score (nSPS) is 16.1. The quantitative estimate of drug-likeness (QED) is 0.270. The number of hydrogen-bond acceptors (Lipinski definition) is 9. The Balaban J connectivity index is 1.10. The molecule has 0 atom stereocenters. The van der Waals surface area contributed by atoms with Crippen molar-refractivity contribution in [1.29, 1.82) is 0 Å². The van der Waals surface area contributed by atoms with Gasteiger partial charge in [0.25, 0.3) is 10.9 Å². The Morgan fingerprint density at radius 1 is 0.889 bits per heavy atom. The SMILES string of the molecule is COc1c(N2CCN(Cc3ccc(-n4c(-c5cccnc5N)nc5ccc(-c6ccccc6)nc54)cc3)CC23CC3)c(=O)c1=O. The number of aromatic nitrogens is 4. The average molecular weight is 598 g/mol. The lowest BCUT2D eigenvalue weighted by Gasteiger charge is -2.44. The first kappa shape index (κ1) is 27.2. The molecule has 3 aromatic heterocycles. The van der Waals surface area contributed by atoms with Gasteiger partial charge in [-0.3, -0.25) is 19.1 Å². The number of methoxy groups -OCH3 is 1. The van der Waals surface area contributed by atoms with Crippen molar-refractivity contribution in [1.82, 2.24) is 24.4 Å². The van der Waals surface area contributed by atoms with Crippen LogP contribution in [0.1, 0.15) is 18.4 Å². The first-order valence-corrected chi connectivity index (χ1v) is 15.1. The molecule has 1 saturated heterocycles. The molecule has 0 amide bonds. The van der Waals surface area contributed by atoms with Gasteiger partial charge in [0, 0.05) is 43.6 Å². The summed E-state index contributed by atoms with van der Waals surface area (Å²) < 4.78 is 7.30. The molecule has 8 rings (SSSR count). The number of nitrogens with zero attached hydrogens (tertiary/aromatic N) is 6. The summed E-state index contributed by atoms with van der Waals surface area (Å²) >= 11 is 0. The lowest BCUT2D eigenvalue weighted by atomic mass is 10.0. The van der Waals surface area contributed by atoms with E-state index < -0.39 is 10.9 Å². The van der Waals surface area contributed by atoms with Gasteiger partial charge in [-0.1, -0.05) is 42.5 Å². The van der Waals surface area contributed by atoms with Crippen molar-refractivity contribution in [3.05, 3.63) is 111 Å². The third kappa shape index (κ3) is 4.48. The summed E-state index contributed by atoms with van der Waals surface area (Å²) in [5.74, 6) is 1.30. The Kier molecular flexibility index (Phi) is 6.28. The Labute approximate surface area is 259 Å².